The highest BCUT2D eigenvalue weighted by Gasteiger charge is 1.97. The van der Waals surface area contributed by atoms with Gasteiger partial charge in [0.2, 0.25) is 0 Å². The predicted octanol–water partition coefficient (Wildman–Crippen LogP) is 1.59. The summed E-state index contributed by atoms with van der Waals surface area (Å²) in [5.74, 6) is -0.562. The number of hydrogen-bond donors (Lipinski definition) is 0. The molecule has 0 bridgehead atoms. The van der Waals surface area contributed by atoms with E-state index in [2.05, 4.69) is 0 Å². The maximum absolute atomic E-state index is 10.3. The first-order valence-corrected chi connectivity index (χ1v) is 9.73. The molecule has 0 aliphatic carbocycles. The molecule has 6 nitrogen and oxygen atoms in total. The lowest BCUT2D eigenvalue weighted by Gasteiger charge is -2.07. The first-order valence-electron chi connectivity index (χ1n) is 6.58. The van der Waals surface area contributed by atoms with Crippen LogP contribution in [0.3, 0.4) is 0 Å². The Hall–Kier alpha value is -0.180. The molecule has 0 aliphatic rings. The van der Waals surface area contributed by atoms with Gasteiger partial charge in [0.1, 0.15) is 0 Å². The second kappa shape index (κ2) is 9.68. The Morgan fingerprint density at radius 1 is 0.474 bits per heavy atom. The topological polar surface area (TPSA) is 114 Å². The molecule has 0 amide bonds. The summed E-state index contributed by atoms with van der Waals surface area (Å²) in [7, 11) is -8.14. The minimum atomic E-state index is -4.07. The van der Waals surface area contributed by atoms with E-state index in [-0.39, 0.29) is 11.5 Å². The Morgan fingerprint density at radius 3 is 0.895 bits per heavy atom. The smallest absolute Gasteiger partial charge is 0.0945 e. The third kappa shape index (κ3) is 17.8. The van der Waals surface area contributed by atoms with E-state index in [1.54, 1.807) is 0 Å². The van der Waals surface area contributed by atoms with Crippen molar-refractivity contribution in [1.82, 2.24) is 0 Å². The largest absolute Gasteiger partial charge is 0.748 e. The Labute approximate surface area is 116 Å². The zero-order valence-corrected chi connectivity index (χ0v) is 12.7. The molecule has 0 aromatic rings. The van der Waals surface area contributed by atoms with Crippen LogP contribution >= 0.6 is 0 Å². The molecule has 0 N–H and O–H groups in total. The molecule has 0 spiro atoms. The number of hydrogen-bond acceptors (Lipinski definition) is 6. The summed E-state index contributed by atoms with van der Waals surface area (Å²) in [5, 5.41) is 0. The fourth-order valence-electron chi connectivity index (χ4n) is 1.80. The normalized spacial score (nSPS) is 12.7. The Kier molecular flexibility index (Phi) is 9.59. The van der Waals surface area contributed by atoms with Gasteiger partial charge in [-0.25, -0.2) is 16.8 Å². The van der Waals surface area contributed by atoms with Gasteiger partial charge in [-0.15, -0.1) is 0 Å². The molecule has 0 saturated carbocycles. The Bertz CT molecular complexity index is 372. The molecule has 116 valence electrons. The van der Waals surface area contributed by atoms with E-state index in [1.807, 2.05) is 0 Å². The highest BCUT2D eigenvalue weighted by atomic mass is 32.2. The molecule has 0 fully saturated rings. The number of rotatable bonds is 12. The SMILES string of the molecule is O=S(=O)([O-])CCCCCCCCCCCS(=O)(=O)[O-]. The molecule has 0 saturated heterocycles. The van der Waals surface area contributed by atoms with Gasteiger partial charge in [0.25, 0.3) is 0 Å². The second-order valence-electron chi connectivity index (χ2n) is 4.71. The van der Waals surface area contributed by atoms with Gasteiger partial charge in [0, 0.05) is 11.5 Å². The summed E-state index contributed by atoms with van der Waals surface area (Å²) in [4.78, 5) is 0. The maximum atomic E-state index is 10.3. The van der Waals surface area contributed by atoms with Crippen molar-refractivity contribution in [3.8, 4) is 0 Å². The summed E-state index contributed by atoms with van der Waals surface area (Å²) in [6.45, 7) is 0. The van der Waals surface area contributed by atoms with Gasteiger partial charge < -0.3 is 9.11 Å². The van der Waals surface area contributed by atoms with Crippen molar-refractivity contribution in [2.24, 2.45) is 0 Å². The van der Waals surface area contributed by atoms with Crippen molar-refractivity contribution in [3.05, 3.63) is 0 Å². The van der Waals surface area contributed by atoms with Crippen LogP contribution in [0.4, 0.5) is 0 Å². The number of unbranched alkanes of at least 4 members (excludes halogenated alkanes) is 8. The molecule has 0 heterocycles. The van der Waals surface area contributed by atoms with E-state index in [4.69, 9.17) is 0 Å². The maximum Gasteiger partial charge on any atom is 0.0945 e. The third-order valence-corrected chi connectivity index (χ3v) is 4.37. The summed E-state index contributed by atoms with van der Waals surface area (Å²) < 4.78 is 61.9. The van der Waals surface area contributed by atoms with Crippen LogP contribution < -0.4 is 0 Å². The quantitative estimate of drug-likeness (QED) is 0.399. The minimum Gasteiger partial charge on any atom is -0.748 e. The van der Waals surface area contributed by atoms with Gasteiger partial charge in [-0.1, -0.05) is 44.9 Å². The van der Waals surface area contributed by atoms with Crippen LogP contribution in [-0.2, 0) is 20.2 Å². The zero-order chi connectivity index (χ0) is 14.8. The van der Waals surface area contributed by atoms with E-state index in [1.165, 1.54) is 0 Å². The summed E-state index contributed by atoms with van der Waals surface area (Å²) in [6, 6.07) is 0. The van der Waals surface area contributed by atoms with E-state index < -0.39 is 20.2 Å². The standard InChI is InChI=1S/C11H24O6S2/c12-18(13,14)10-8-6-4-2-1-3-5-7-9-11-19(15,16)17/h1-11H2,(H,12,13,14)(H,15,16,17)/p-2. The van der Waals surface area contributed by atoms with Gasteiger partial charge in [0.15, 0.2) is 0 Å². The van der Waals surface area contributed by atoms with Crippen molar-refractivity contribution in [2.75, 3.05) is 11.5 Å². The molecular weight excluding hydrogens is 292 g/mol. The van der Waals surface area contributed by atoms with Gasteiger partial charge in [-0.3, -0.25) is 0 Å². The monoisotopic (exact) mass is 314 g/mol. The highest BCUT2D eigenvalue weighted by Crippen LogP contribution is 2.10. The van der Waals surface area contributed by atoms with Crippen molar-refractivity contribution in [2.45, 2.75) is 57.8 Å². The van der Waals surface area contributed by atoms with Gasteiger partial charge >= 0.3 is 0 Å². The van der Waals surface area contributed by atoms with Crippen LogP contribution in [0, 0.1) is 0 Å². The van der Waals surface area contributed by atoms with E-state index >= 15 is 0 Å². The summed E-state index contributed by atoms with van der Waals surface area (Å²) >= 11 is 0. The molecule has 0 aromatic heterocycles. The Balaban J connectivity index is 3.20. The molecule has 8 heteroatoms. The second-order valence-corrected chi connectivity index (χ2v) is 7.75. The van der Waals surface area contributed by atoms with E-state index in [0.29, 0.717) is 12.8 Å². The molecule has 0 radical (unpaired) electrons. The van der Waals surface area contributed by atoms with Crippen LogP contribution in [0.5, 0.6) is 0 Å². The van der Waals surface area contributed by atoms with Crippen LogP contribution in [0.25, 0.3) is 0 Å². The van der Waals surface area contributed by atoms with Crippen molar-refractivity contribution < 1.29 is 25.9 Å². The highest BCUT2D eigenvalue weighted by molar-refractivity contribution is 7.85. The molecule has 0 unspecified atom stereocenters. The molecule has 19 heavy (non-hydrogen) atoms. The minimum absolute atomic E-state index is 0.281. The van der Waals surface area contributed by atoms with Gasteiger partial charge in [-0.2, -0.15) is 0 Å². The average Bonchev–Trinajstić information content (AvgIpc) is 2.22. The molecule has 0 rings (SSSR count). The van der Waals surface area contributed by atoms with E-state index in [9.17, 15) is 25.9 Å². The summed E-state index contributed by atoms with van der Waals surface area (Å²) in [6.07, 6.45) is 7.13. The lowest BCUT2D eigenvalue weighted by atomic mass is 10.1. The van der Waals surface area contributed by atoms with Crippen molar-refractivity contribution in [1.29, 1.82) is 0 Å². The third-order valence-electron chi connectivity index (χ3n) is 2.79. The van der Waals surface area contributed by atoms with Crippen LogP contribution in [0.1, 0.15) is 57.8 Å². The van der Waals surface area contributed by atoms with Crippen LogP contribution in [-0.4, -0.2) is 37.4 Å². The average molecular weight is 314 g/mol. The van der Waals surface area contributed by atoms with E-state index in [0.717, 1.165) is 44.9 Å². The van der Waals surface area contributed by atoms with Crippen LogP contribution in [0.15, 0.2) is 0 Å². The first kappa shape index (κ1) is 18.8. The lowest BCUT2D eigenvalue weighted by molar-refractivity contribution is 0.458. The lowest BCUT2D eigenvalue weighted by Crippen LogP contribution is -2.03. The molecule has 0 aromatic carbocycles. The summed E-state index contributed by atoms with van der Waals surface area (Å²) in [5.41, 5.74) is 0. The molecule has 0 aliphatic heterocycles. The van der Waals surface area contributed by atoms with Crippen LogP contribution in [0.2, 0.25) is 0 Å². The Morgan fingerprint density at radius 2 is 0.684 bits per heavy atom. The molecule has 0 atom stereocenters. The fourth-order valence-corrected chi connectivity index (χ4v) is 2.91. The van der Waals surface area contributed by atoms with Crippen molar-refractivity contribution >= 4 is 20.2 Å². The fraction of sp³-hybridized carbons (Fsp3) is 1.00. The van der Waals surface area contributed by atoms with Crippen molar-refractivity contribution in [3.63, 3.8) is 0 Å². The first-order chi connectivity index (χ1) is 8.71. The predicted molar refractivity (Wildman–Crippen MR) is 70.7 cm³/mol. The zero-order valence-electron chi connectivity index (χ0n) is 11.0. The molecular formula is C11H22O6S2-2. The van der Waals surface area contributed by atoms with Gasteiger partial charge in [-0.05, 0) is 12.8 Å². The van der Waals surface area contributed by atoms with Gasteiger partial charge in [0.05, 0.1) is 20.2 Å².